The molecule has 0 amide bonds. The molecule has 2 heteroatoms. The SMILES string of the molecule is CCC[C@H](NC)C(=O)c1ccc2ccccc2c1. The van der Waals surface area contributed by atoms with Crippen molar-refractivity contribution in [3.8, 4) is 0 Å². The molecule has 2 aromatic rings. The average Bonchev–Trinajstić information content (AvgIpc) is 2.43. The third-order valence-electron chi connectivity index (χ3n) is 3.28. The molecule has 0 fully saturated rings. The number of rotatable bonds is 5. The van der Waals surface area contributed by atoms with Gasteiger partial charge in [-0.15, -0.1) is 0 Å². The first-order valence-corrected chi connectivity index (χ1v) is 6.46. The van der Waals surface area contributed by atoms with Gasteiger partial charge in [0.1, 0.15) is 0 Å². The van der Waals surface area contributed by atoms with Crippen LogP contribution in [0.4, 0.5) is 0 Å². The molecule has 0 radical (unpaired) electrons. The summed E-state index contributed by atoms with van der Waals surface area (Å²) in [6.07, 6.45) is 1.88. The summed E-state index contributed by atoms with van der Waals surface area (Å²) in [6, 6.07) is 14.0. The lowest BCUT2D eigenvalue weighted by Crippen LogP contribution is -2.33. The molecule has 0 bridgehead atoms. The third-order valence-corrected chi connectivity index (χ3v) is 3.28. The second-order valence-corrected chi connectivity index (χ2v) is 4.56. The van der Waals surface area contributed by atoms with Gasteiger partial charge in [0, 0.05) is 5.56 Å². The monoisotopic (exact) mass is 241 g/mol. The Morgan fingerprint density at radius 2 is 1.89 bits per heavy atom. The van der Waals surface area contributed by atoms with Crippen molar-refractivity contribution in [3.05, 3.63) is 48.0 Å². The van der Waals surface area contributed by atoms with Crippen molar-refractivity contribution in [3.63, 3.8) is 0 Å². The summed E-state index contributed by atoms with van der Waals surface area (Å²) in [7, 11) is 1.85. The number of benzene rings is 2. The Kier molecular flexibility index (Phi) is 4.11. The van der Waals surface area contributed by atoms with E-state index in [1.165, 1.54) is 5.39 Å². The lowest BCUT2D eigenvalue weighted by molar-refractivity contribution is 0.0942. The highest BCUT2D eigenvalue weighted by atomic mass is 16.1. The Bertz CT molecular complexity index is 548. The van der Waals surface area contributed by atoms with Crippen LogP contribution in [0.5, 0.6) is 0 Å². The second-order valence-electron chi connectivity index (χ2n) is 4.56. The minimum absolute atomic E-state index is 0.0730. The van der Waals surface area contributed by atoms with Crippen LogP contribution in [-0.2, 0) is 0 Å². The summed E-state index contributed by atoms with van der Waals surface area (Å²) < 4.78 is 0. The molecule has 0 spiro atoms. The van der Waals surface area contributed by atoms with Crippen molar-refractivity contribution in [2.24, 2.45) is 0 Å². The summed E-state index contributed by atoms with van der Waals surface area (Å²) in [5, 5.41) is 5.39. The first-order valence-electron chi connectivity index (χ1n) is 6.46. The van der Waals surface area contributed by atoms with Crippen LogP contribution < -0.4 is 5.32 Å². The Morgan fingerprint density at radius 1 is 1.17 bits per heavy atom. The smallest absolute Gasteiger partial charge is 0.179 e. The van der Waals surface area contributed by atoms with E-state index >= 15 is 0 Å². The first-order chi connectivity index (χ1) is 8.76. The maximum atomic E-state index is 12.3. The standard InChI is InChI=1S/C16H19NO/c1-3-6-15(17-2)16(18)14-10-9-12-7-4-5-8-13(12)11-14/h4-5,7-11,15,17H,3,6H2,1-2H3/t15-/m0/s1. The van der Waals surface area contributed by atoms with Crippen LogP contribution in [0.15, 0.2) is 42.5 Å². The van der Waals surface area contributed by atoms with E-state index in [2.05, 4.69) is 18.3 Å². The molecule has 0 aromatic heterocycles. The van der Waals surface area contributed by atoms with E-state index in [1.807, 2.05) is 43.4 Å². The van der Waals surface area contributed by atoms with Gasteiger partial charge < -0.3 is 5.32 Å². The summed E-state index contributed by atoms with van der Waals surface area (Å²) >= 11 is 0. The zero-order valence-corrected chi connectivity index (χ0v) is 10.9. The molecule has 2 aromatic carbocycles. The van der Waals surface area contributed by atoms with Crippen LogP contribution in [-0.4, -0.2) is 18.9 Å². The number of nitrogens with one attached hydrogen (secondary N) is 1. The van der Waals surface area contributed by atoms with Crippen molar-refractivity contribution in [2.45, 2.75) is 25.8 Å². The predicted molar refractivity (Wildman–Crippen MR) is 76.0 cm³/mol. The van der Waals surface area contributed by atoms with E-state index in [9.17, 15) is 4.79 Å². The van der Waals surface area contributed by atoms with Crippen molar-refractivity contribution >= 4 is 16.6 Å². The van der Waals surface area contributed by atoms with Gasteiger partial charge in [-0.1, -0.05) is 49.7 Å². The topological polar surface area (TPSA) is 29.1 Å². The highest BCUT2D eigenvalue weighted by Gasteiger charge is 2.17. The zero-order valence-electron chi connectivity index (χ0n) is 10.9. The summed E-state index contributed by atoms with van der Waals surface area (Å²) in [5.74, 6) is 0.185. The molecule has 2 rings (SSSR count). The number of Topliss-reactive ketones (excluding diaryl/α,β-unsaturated/α-hetero) is 1. The highest BCUT2D eigenvalue weighted by Crippen LogP contribution is 2.17. The molecule has 0 saturated heterocycles. The third kappa shape index (κ3) is 2.59. The number of hydrogen-bond donors (Lipinski definition) is 1. The number of fused-ring (bicyclic) bond motifs is 1. The van der Waals surface area contributed by atoms with Gasteiger partial charge in [-0.3, -0.25) is 4.79 Å². The van der Waals surface area contributed by atoms with Gasteiger partial charge in [0.25, 0.3) is 0 Å². The number of ketones is 1. The van der Waals surface area contributed by atoms with Gasteiger partial charge in [-0.2, -0.15) is 0 Å². The zero-order chi connectivity index (χ0) is 13.0. The van der Waals surface area contributed by atoms with E-state index in [-0.39, 0.29) is 11.8 Å². The van der Waals surface area contributed by atoms with Gasteiger partial charge in [0.05, 0.1) is 6.04 Å². The molecule has 0 heterocycles. The molecule has 2 nitrogen and oxygen atoms in total. The van der Waals surface area contributed by atoms with Crippen LogP contribution in [0, 0.1) is 0 Å². The number of carbonyl (C=O) groups excluding carboxylic acids is 1. The summed E-state index contributed by atoms with van der Waals surface area (Å²) in [4.78, 5) is 12.3. The largest absolute Gasteiger partial charge is 0.310 e. The van der Waals surface area contributed by atoms with Gasteiger partial charge in [-0.25, -0.2) is 0 Å². The molecule has 0 saturated carbocycles. The van der Waals surface area contributed by atoms with Crippen LogP contribution >= 0.6 is 0 Å². The van der Waals surface area contributed by atoms with Crippen molar-refractivity contribution in [1.29, 1.82) is 0 Å². The van der Waals surface area contributed by atoms with Crippen molar-refractivity contribution < 1.29 is 4.79 Å². The fourth-order valence-corrected chi connectivity index (χ4v) is 2.24. The van der Waals surface area contributed by atoms with E-state index in [1.54, 1.807) is 0 Å². The number of hydrogen-bond acceptors (Lipinski definition) is 2. The molecule has 1 atom stereocenters. The van der Waals surface area contributed by atoms with Gasteiger partial charge in [0.2, 0.25) is 0 Å². The van der Waals surface area contributed by atoms with E-state index < -0.39 is 0 Å². The molecule has 94 valence electrons. The second kappa shape index (κ2) is 5.78. The molecule has 0 aliphatic rings. The van der Waals surface area contributed by atoms with Crippen molar-refractivity contribution in [2.75, 3.05) is 7.05 Å². The molecule has 18 heavy (non-hydrogen) atoms. The lowest BCUT2D eigenvalue weighted by atomic mass is 9.98. The fourth-order valence-electron chi connectivity index (χ4n) is 2.24. The highest BCUT2D eigenvalue weighted by molar-refractivity contribution is 6.03. The molecule has 0 unspecified atom stereocenters. The maximum Gasteiger partial charge on any atom is 0.179 e. The fraction of sp³-hybridized carbons (Fsp3) is 0.312. The number of likely N-dealkylation sites (N-methyl/N-ethyl adjacent to an activating group) is 1. The predicted octanol–water partition coefficient (Wildman–Crippen LogP) is 3.41. The molecule has 0 aliphatic carbocycles. The molecular formula is C16H19NO. The van der Waals surface area contributed by atoms with Gasteiger partial charge >= 0.3 is 0 Å². The van der Waals surface area contributed by atoms with Crippen LogP contribution in [0.3, 0.4) is 0 Å². The van der Waals surface area contributed by atoms with Crippen LogP contribution in [0.25, 0.3) is 10.8 Å². The molecular weight excluding hydrogens is 222 g/mol. The van der Waals surface area contributed by atoms with Crippen molar-refractivity contribution in [1.82, 2.24) is 5.32 Å². The summed E-state index contributed by atoms with van der Waals surface area (Å²) in [6.45, 7) is 2.10. The van der Waals surface area contributed by atoms with E-state index in [4.69, 9.17) is 0 Å². The Hall–Kier alpha value is -1.67. The average molecular weight is 241 g/mol. The van der Waals surface area contributed by atoms with E-state index in [0.29, 0.717) is 0 Å². The quantitative estimate of drug-likeness (QED) is 0.813. The normalized spacial score (nSPS) is 12.6. The van der Waals surface area contributed by atoms with Gasteiger partial charge in [0.15, 0.2) is 5.78 Å². The number of carbonyl (C=O) groups is 1. The van der Waals surface area contributed by atoms with Gasteiger partial charge in [-0.05, 0) is 30.3 Å². The molecule has 0 aliphatic heterocycles. The van der Waals surface area contributed by atoms with E-state index in [0.717, 1.165) is 23.8 Å². The van der Waals surface area contributed by atoms with Crippen LogP contribution in [0.1, 0.15) is 30.1 Å². The first kappa shape index (κ1) is 12.8. The lowest BCUT2D eigenvalue weighted by Gasteiger charge is -2.14. The minimum atomic E-state index is -0.0730. The maximum absolute atomic E-state index is 12.3. The Labute approximate surface area is 108 Å². The van der Waals surface area contributed by atoms with Crippen LogP contribution in [0.2, 0.25) is 0 Å². The minimum Gasteiger partial charge on any atom is -0.310 e. The Balaban J connectivity index is 2.32. The summed E-state index contributed by atoms with van der Waals surface area (Å²) in [5.41, 5.74) is 0.793. The Morgan fingerprint density at radius 3 is 2.56 bits per heavy atom. The molecule has 1 N–H and O–H groups in total.